The van der Waals surface area contributed by atoms with Crippen molar-refractivity contribution in [2.75, 3.05) is 51.0 Å². The number of fused-ring (bicyclic) bond motifs is 3. The number of para-hydroxylation sites is 1. The first-order valence-corrected chi connectivity index (χ1v) is 12.7. The number of nitrogens with one attached hydrogen (secondary N) is 3. The summed E-state index contributed by atoms with van der Waals surface area (Å²) < 4.78 is 5.32. The molecule has 0 saturated carbocycles. The molecule has 9 heteroatoms. The van der Waals surface area contributed by atoms with Gasteiger partial charge in [-0.3, -0.25) is 9.69 Å². The lowest BCUT2D eigenvalue weighted by Gasteiger charge is -2.27. The number of ether oxygens (including phenoxy) is 1. The van der Waals surface area contributed by atoms with E-state index < -0.39 is 0 Å². The van der Waals surface area contributed by atoms with Crippen LogP contribution in [0.15, 0.2) is 48.7 Å². The number of methoxy groups -OCH3 is 1. The molecule has 3 heterocycles. The van der Waals surface area contributed by atoms with Gasteiger partial charge in [0.2, 0.25) is 5.95 Å². The van der Waals surface area contributed by atoms with Crippen molar-refractivity contribution in [3.63, 3.8) is 0 Å². The zero-order valence-corrected chi connectivity index (χ0v) is 21.3. The topological polar surface area (TPSA) is 91.4 Å². The fourth-order valence-electron chi connectivity index (χ4n) is 5.27. The second kappa shape index (κ2) is 10.8. The third kappa shape index (κ3) is 5.16. The molecule has 36 heavy (non-hydrogen) atoms. The number of carbonyl (C=O) groups excluding carboxylic acids is 1. The van der Waals surface area contributed by atoms with Gasteiger partial charge in [-0.25, -0.2) is 4.98 Å². The van der Waals surface area contributed by atoms with E-state index in [1.807, 2.05) is 18.2 Å². The first-order valence-electron chi connectivity index (χ1n) is 12.3. The third-order valence-corrected chi connectivity index (χ3v) is 7.33. The highest BCUT2D eigenvalue weighted by Crippen LogP contribution is 2.44. The SMILES string of the molecule is CNC(=O)c1ccccc1Nc1nc(Nc2ccc3c(c2)C2CCC3CN(CCOC)C2)ncc1Cl. The van der Waals surface area contributed by atoms with Crippen molar-refractivity contribution in [3.05, 3.63) is 70.4 Å². The minimum absolute atomic E-state index is 0.193. The van der Waals surface area contributed by atoms with Crippen LogP contribution in [0.2, 0.25) is 5.02 Å². The van der Waals surface area contributed by atoms with Gasteiger partial charge in [0.25, 0.3) is 5.91 Å². The van der Waals surface area contributed by atoms with E-state index in [-0.39, 0.29) is 5.91 Å². The Bertz CT molecular complexity index is 1250. The summed E-state index contributed by atoms with van der Waals surface area (Å²) >= 11 is 6.39. The lowest BCUT2D eigenvalue weighted by molar-refractivity contribution is 0.0964. The Morgan fingerprint density at radius 3 is 2.67 bits per heavy atom. The summed E-state index contributed by atoms with van der Waals surface area (Å²) in [5, 5.41) is 9.55. The summed E-state index contributed by atoms with van der Waals surface area (Å²) in [4.78, 5) is 23.8. The van der Waals surface area contributed by atoms with Crippen LogP contribution >= 0.6 is 11.6 Å². The summed E-state index contributed by atoms with van der Waals surface area (Å²) in [6, 6.07) is 13.8. The van der Waals surface area contributed by atoms with Crippen molar-refractivity contribution in [1.82, 2.24) is 20.2 Å². The molecule has 1 saturated heterocycles. The number of amides is 1. The van der Waals surface area contributed by atoms with E-state index in [2.05, 4.69) is 49.0 Å². The monoisotopic (exact) mass is 506 g/mol. The molecule has 2 aromatic carbocycles. The van der Waals surface area contributed by atoms with Gasteiger partial charge in [0, 0.05) is 39.5 Å². The molecule has 3 aromatic rings. The highest BCUT2D eigenvalue weighted by Gasteiger charge is 2.33. The van der Waals surface area contributed by atoms with Gasteiger partial charge in [-0.1, -0.05) is 29.8 Å². The lowest BCUT2D eigenvalue weighted by atomic mass is 9.78. The summed E-state index contributed by atoms with van der Waals surface area (Å²) in [5.74, 6) is 1.74. The summed E-state index contributed by atoms with van der Waals surface area (Å²) in [5.41, 5.74) is 4.95. The molecule has 0 spiro atoms. The van der Waals surface area contributed by atoms with Crippen LogP contribution in [0.5, 0.6) is 0 Å². The Hall–Kier alpha value is -3.20. The van der Waals surface area contributed by atoms with Crippen molar-refractivity contribution >= 4 is 40.6 Å². The van der Waals surface area contributed by atoms with Crippen LogP contribution in [0.3, 0.4) is 0 Å². The van der Waals surface area contributed by atoms with Crippen LogP contribution in [0, 0.1) is 0 Å². The first-order chi connectivity index (χ1) is 17.6. The molecule has 188 valence electrons. The average molecular weight is 507 g/mol. The molecule has 1 fully saturated rings. The van der Waals surface area contributed by atoms with Crippen LogP contribution in [0.25, 0.3) is 0 Å². The number of aromatic nitrogens is 2. The molecule has 2 atom stereocenters. The van der Waals surface area contributed by atoms with E-state index in [1.165, 1.54) is 24.0 Å². The molecule has 3 N–H and O–H groups in total. The fraction of sp³-hybridized carbons (Fsp3) is 0.370. The van der Waals surface area contributed by atoms with E-state index in [1.54, 1.807) is 26.4 Å². The van der Waals surface area contributed by atoms with Gasteiger partial charge in [-0.15, -0.1) is 0 Å². The molecular formula is C27H31ClN6O2. The Morgan fingerprint density at radius 1 is 1.11 bits per heavy atom. The number of anilines is 4. The summed E-state index contributed by atoms with van der Waals surface area (Å²) in [6.07, 6.45) is 4.00. The molecule has 1 amide bonds. The standard InChI is InChI=1S/C27H31ClN6O2/c1-29-26(35)21-5-3-4-6-24(21)32-25-23(28)14-30-27(33-25)31-19-9-10-20-17-7-8-18(22(20)13-19)16-34(15-17)11-12-36-2/h3-6,9-10,13-14,17-18H,7-8,11-12,15-16H2,1-2H3,(H,29,35)(H2,30,31,32,33). The molecular weight excluding hydrogens is 476 g/mol. The van der Waals surface area contributed by atoms with Crippen molar-refractivity contribution < 1.29 is 9.53 Å². The molecule has 3 aliphatic rings. The second-order valence-corrected chi connectivity index (χ2v) is 9.74. The van der Waals surface area contributed by atoms with Crippen LogP contribution in [0.4, 0.5) is 23.1 Å². The number of hydrogen-bond donors (Lipinski definition) is 3. The second-order valence-electron chi connectivity index (χ2n) is 9.33. The van der Waals surface area contributed by atoms with Crippen LogP contribution in [0.1, 0.15) is 46.2 Å². The molecule has 2 unspecified atom stereocenters. The number of hydrogen-bond acceptors (Lipinski definition) is 7. The van der Waals surface area contributed by atoms with Gasteiger partial charge >= 0.3 is 0 Å². The van der Waals surface area contributed by atoms with Crippen LogP contribution in [-0.4, -0.2) is 61.2 Å². The lowest BCUT2D eigenvalue weighted by Crippen LogP contribution is -2.30. The number of nitrogens with zero attached hydrogens (tertiary/aromatic N) is 3. The maximum absolute atomic E-state index is 12.2. The maximum atomic E-state index is 12.2. The predicted octanol–water partition coefficient (Wildman–Crippen LogP) is 4.90. The Labute approximate surface area is 216 Å². The van der Waals surface area contributed by atoms with Crippen molar-refractivity contribution in [2.24, 2.45) is 0 Å². The van der Waals surface area contributed by atoms with Gasteiger partial charge in [0.1, 0.15) is 5.02 Å². The fourth-order valence-corrected chi connectivity index (χ4v) is 5.41. The maximum Gasteiger partial charge on any atom is 0.253 e. The van der Waals surface area contributed by atoms with E-state index in [0.717, 1.165) is 31.9 Å². The minimum Gasteiger partial charge on any atom is -0.383 e. The Morgan fingerprint density at radius 2 is 1.89 bits per heavy atom. The van der Waals surface area contributed by atoms with Crippen molar-refractivity contribution in [1.29, 1.82) is 0 Å². The predicted molar refractivity (Wildman–Crippen MR) is 143 cm³/mol. The Kier molecular flexibility index (Phi) is 7.36. The van der Waals surface area contributed by atoms with Crippen molar-refractivity contribution in [3.8, 4) is 0 Å². The van der Waals surface area contributed by atoms with Crippen LogP contribution < -0.4 is 16.0 Å². The highest BCUT2D eigenvalue weighted by atomic mass is 35.5. The molecule has 6 rings (SSSR count). The Balaban J connectivity index is 1.36. The molecule has 8 nitrogen and oxygen atoms in total. The van der Waals surface area contributed by atoms with Gasteiger partial charge in [0.15, 0.2) is 5.82 Å². The molecule has 0 radical (unpaired) electrons. The van der Waals surface area contributed by atoms with E-state index >= 15 is 0 Å². The number of benzene rings is 2. The zero-order valence-electron chi connectivity index (χ0n) is 20.6. The number of rotatable bonds is 8. The first kappa shape index (κ1) is 24.5. The van der Waals surface area contributed by atoms with E-state index in [0.29, 0.717) is 39.9 Å². The number of carbonyl (C=O) groups is 1. The van der Waals surface area contributed by atoms with Crippen molar-refractivity contribution in [2.45, 2.75) is 24.7 Å². The highest BCUT2D eigenvalue weighted by molar-refractivity contribution is 6.33. The van der Waals surface area contributed by atoms with Gasteiger partial charge in [0.05, 0.1) is 24.1 Å². The molecule has 1 aliphatic carbocycles. The quantitative estimate of drug-likeness (QED) is 0.400. The van der Waals surface area contributed by atoms with E-state index in [9.17, 15) is 4.79 Å². The molecule has 2 aliphatic heterocycles. The zero-order chi connectivity index (χ0) is 25.1. The average Bonchev–Trinajstić information content (AvgIpc) is 3.20. The van der Waals surface area contributed by atoms with Gasteiger partial charge in [-0.05, 0) is 60.1 Å². The summed E-state index contributed by atoms with van der Waals surface area (Å²) in [7, 11) is 3.36. The number of halogens is 1. The minimum atomic E-state index is -0.193. The normalized spacial score (nSPS) is 18.9. The smallest absolute Gasteiger partial charge is 0.253 e. The third-order valence-electron chi connectivity index (χ3n) is 7.05. The van der Waals surface area contributed by atoms with Gasteiger partial charge < -0.3 is 20.7 Å². The van der Waals surface area contributed by atoms with E-state index in [4.69, 9.17) is 16.3 Å². The summed E-state index contributed by atoms with van der Waals surface area (Å²) in [6.45, 7) is 3.89. The molecule has 1 aromatic heterocycles. The molecule has 2 bridgehead atoms. The largest absolute Gasteiger partial charge is 0.383 e. The van der Waals surface area contributed by atoms with Crippen LogP contribution in [-0.2, 0) is 4.74 Å². The van der Waals surface area contributed by atoms with Gasteiger partial charge in [-0.2, -0.15) is 4.98 Å².